The molecular formula is C15H26N4O2. The van der Waals surface area contributed by atoms with Gasteiger partial charge >= 0.3 is 6.09 Å². The third kappa shape index (κ3) is 4.74. The van der Waals surface area contributed by atoms with Gasteiger partial charge in [0.1, 0.15) is 5.60 Å². The number of carbonyl (C=O) groups is 1. The smallest absolute Gasteiger partial charge is 0.407 e. The quantitative estimate of drug-likeness (QED) is 0.873. The zero-order valence-corrected chi connectivity index (χ0v) is 13.5. The minimum absolute atomic E-state index is 0.162. The molecule has 1 saturated carbocycles. The summed E-state index contributed by atoms with van der Waals surface area (Å²) >= 11 is 0. The summed E-state index contributed by atoms with van der Waals surface area (Å²) in [4.78, 5) is 15.8. The van der Waals surface area contributed by atoms with E-state index >= 15 is 0 Å². The van der Waals surface area contributed by atoms with Crippen LogP contribution in [0.3, 0.4) is 0 Å². The summed E-state index contributed by atoms with van der Waals surface area (Å²) in [5.41, 5.74) is 0.707. The van der Waals surface area contributed by atoms with Crippen molar-refractivity contribution in [3.63, 3.8) is 0 Å². The highest BCUT2D eigenvalue weighted by Crippen LogP contribution is 2.22. The Morgan fingerprint density at radius 2 is 2.19 bits per heavy atom. The van der Waals surface area contributed by atoms with Crippen LogP contribution in [0.1, 0.15) is 52.8 Å². The standard InChI is InChI=1S/C15H26N4O2/c1-10(2)19-9-16-7-11(19)8-17-12-6-13(12)18-14(20)21-15(3,4)5/h7,9-10,12-13,17H,6,8H2,1-5H3,(H,18,20). The lowest BCUT2D eigenvalue weighted by atomic mass is 10.2. The number of rotatable bonds is 5. The van der Waals surface area contributed by atoms with Crippen molar-refractivity contribution in [2.75, 3.05) is 0 Å². The van der Waals surface area contributed by atoms with E-state index in [2.05, 4.69) is 34.0 Å². The summed E-state index contributed by atoms with van der Waals surface area (Å²) in [6.07, 6.45) is 4.33. The molecule has 1 aromatic rings. The van der Waals surface area contributed by atoms with Gasteiger partial charge in [0, 0.05) is 30.9 Å². The van der Waals surface area contributed by atoms with E-state index in [0.717, 1.165) is 18.7 Å². The Morgan fingerprint density at radius 3 is 2.81 bits per heavy atom. The van der Waals surface area contributed by atoms with E-state index < -0.39 is 5.60 Å². The van der Waals surface area contributed by atoms with Gasteiger partial charge in [0.05, 0.1) is 12.0 Å². The van der Waals surface area contributed by atoms with Gasteiger partial charge in [0.25, 0.3) is 0 Å². The first-order valence-electron chi connectivity index (χ1n) is 7.50. The molecular weight excluding hydrogens is 268 g/mol. The summed E-state index contributed by atoms with van der Waals surface area (Å²) in [6.45, 7) is 10.6. The van der Waals surface area contributed by atoms with E-state index in [1.54, 1.807) is 0 Å². The number of nitrogens with one attached hydrogen (secondary N) is 2. The normalized spacial score (nSPS) is 21.4. The number of ether oxygens (including phenoxy) is 1. The highest BCUT2D eigenvalue weighted by molar-refractivity contribution is 5.68. The summed E-state index contributed by atoms with van der Waals surface area (Å²) in [5, 5.41) is 6.32. The molecule has 1 amide bonds. The van der Waals surface area contributed by atoms with E-state index in [0.29, 0.717) is 12.1 Å². The van der Waals surface area contributed by atoms with Crippen LogP contribution in [0.5, 0.6) is 0 Å². The number of nitrogens with zero attached hydrogens (tertiary/aromatic N) is 2. The topological polar surface area (TPSA) is 68.2 Å². The Labute approximate surface area is 126 Å². The molecule has 1 heterocycles. The molecule has 2 unspecified atom stereocenters. The van der Waals surface area contributed by atoms with Crippen molar-refractivity contribution in [1.29, 1.82) is 0 Å². The number of aromatic nitrogens is 2. The number of carbonyl (C=O) groups excluding carboxylic acids is 1. The fourth-order valence-electron chi connectivity index (χ4n) is 2.21. The molecule has 0 aliphatic heterocycles. The van der Waals surface area contributed by atoms with Crippen LogP contribution in [0.15, 0.2) is 12.5 Å². The Balaban J connectivity index is 1.73. The van der Waals surface area contributed by atoms with Crippen molar-refractivity contribution in [1.82, 2.24) is 20.2 Å². The summed E-state index contributed by atoms with van der Waals surface area (Å²) < 4.78 is 7.39. The molecule has 1 fully saturated rings. The Kier molecular flexibility index (Phi) is 4.56. The minimum Gasteiger partial charge on any atom is -0.444 e. The second kappa shape index (κ2) is 6.05. The van der Waals surface area contributed by atoms with Gasteiger partial charge in [-0.3, -0.25) is 0 Å². The molecule has 0 radical (unpaired) electrons. The number of alkyl carbamates (subject to hydrolysis) is 1. The molecule has 6 heteroatoms. The predicted octanol–water partition coefficient (Wildman–Crippen LogP) is 2.22. The average molecular weight is 294 g/mol. The largest absolute Gasteiger partial charge is 0.444 e. The van der Waals surface area contributed by atoms with E-state index in [9.17, 15) is 4.79 Å². The maximum Gasteiger partial charge on any atom is 0.407 e. The van der Waals surface area contributed by atoms with Gasteiger partial charge in [-0.1, -0.05) is 0 Å². The van der Waals surface area contributed by atoms with Gasteiger partial charge in [-0.25, -0.2) is 9.78 Å². The molecule has 1 aromatic heterocycles. The van der Waals surface area contributed by atoms with Crippen LogP contribution in [0.25, 0.3) is 0 Å². The molecule has 2 rings (SSSR count). The van der Waals surface area contributed by atoms with Gasteiger partial charge in [-0.05, 0) is 41.0 Å². The van der Waals surface area contributed by atoms with Crippen LogP contribution in [0, 0.1) is 0 Å². The highest BCUT2D eigenvalue weighted by atomic mass is 16.6. The number of imidazole rings is 1. The zero-order chi connectivity index (χ0) is 15.6. The van der Waals surface area contributed by atoms with Crippen LogP contribution < -0.4 is 10.6 Å². The summed E-state index contributed by atoms with van der Waals surface area (Å²) in [6, 6.07) is 0.877. The van der Waals surface area contributed by atoms with E-state index in [-0.39, 0.29) is 12.1 Å². The average Bonchev–Trinajstić information content (AvgIpc) is 2.87. The first kappa shape index (κ1) is 15.8. The molecule has 0 bridgehead atoms. The molecule has 2 N–H and O–H groups in total. The molecule has 0 spiro atoms. The Hall–Kier alpha value is -1.56. The third-order valence-electron chi connectivity index (χ3n) is 3.34. The molecule has 2 atom stereocenters. The fraction of sp³-hybridized carbons (Fsp3) is 0.733. The summed E-state index contributed by atoms with van der Waals surface area (Å²) in [7, 11) is 0. The van der Waals surface area contributed by atoms with Crippen LogP contribution in [0.4, 0.5) is 4.79 Å². The van der Waals surface area contributed by atoms with Crippen LogP contribution in [-0.2, 0) is 11.3 Å². The lowest BCUT2D eigenvalue weighted by molar-refractivity contribution is 0.0522. The second-order valence-corrected chi connectivity index (χ2v) is 6.86. The SMILES string of the molecule is CC(C)n1cncc1CNC1CC1NC(=O)OC(C)(C)C. The lowest BCUT2D eigenvalue weighted by Gasteiger charge is -2.19. The third-order valence-corrected chi connectivity index (χ3v) is 3.34. The summed E-state index contributed by atoms with van der Waals surface area (Å²) in [5.74, 6) is 0. The minimum atomic E-state index is -0.453. The maximum atomic E-state index is 11.7. The number of hydrogen-bond donors (Lipinski definition) is 2. The van der Waals surface area contributed by atoms with E-state index in [1.165, 1.54) is 0 Å². The monoisotopic (exact) mass is 294 g/mol. The zero-order valence-electron chi connectivity index (χ0n) is 13.5. The highest BCUT2D eigenvalue weighted by Gasteiger charge is 2.39. The lowest BCUT2D eigenvalue weighted by Crippen LogP contribution is -2.36. The molecule has 21 heavy (non-hydrogen) atoms. The number of amides is 1. The molecule has 0 aromatic carbocycles. The maximum absolute atomic E-state index is 11.7. The molecule has 1 aliphatic carbocycles. The molecule has 1 aliphatic rings. The van der Waals surface area contributed by atoms with Gasteiger partial charge in [-0.2, -0.15) is 0 Å². The van der Waals surface area contributed by atoms with Crippen molar-refractivity contribution in [3.8, 4) is 0 Å². The molecule has 118 valence electrons. The van der Waals surface area contributed by atoms with Crippen LogP contribution >= 0.6 is 0 Å². The Morgan fingerprint density at radius 1 is 1.48 bits per heavy atom. The predicted molar refractivity (Wildman–Crippen MR) is 81.0 cm³/mol. The van der Waals surface area contributed by atoms with Crippen molar-refractivity contribution in [2.45, 2.75) is 71.3 Å². The van der Waals surface area contributed by atoms with E-state index in [1.807, 2.05) is 33.3 Å². The van der Waals surface area contributed by atoms with Crippen molar-refractivity contribution < 1.29 is 9.53 Å². The van der Waals surface area contributed by atoms with Gasteiger partial charge < -0.3 is 19.9 Å². The van der Waals surface area contributed by atoms with Crippen LogP contribution in [0.2, 0.25) is 0 Å². The van der Waals surface area contributed by atoms with Gasteiger partial charge in [0.15, 0.2) is 0 Å². The van der Waals surface area contributed by atoms with Gasteiger partial charge in [-0.15, -0.1) is 0 Å². The first-order valence-corrected chi connectivity index (χ1v) is 7.50. The Bertz CT molecular complexity index is 490. The van der Waals surface area contributed by atoms with Crippen molar-refractivity contribution in [2.24, 2.45) is 0 Å². The molecule has 6 nitrogen and oxygen atoms in total. The second-order valence-electron chi connectivity index (χ2n) is 6.86. The van der Waals surface area contributed by atoms with E-state index in [4.69, 9.17) is 4.74 Å². The first-order chi connectivity index (χ1) is 9.76. The van der Waals surface area contributed by atoms with Gasteiger partial charge in [0.2, 0.25) is 0 Å². The molecule has 0 saturated heterocycles. The van der Waals surface area contributed by atoms with Crippen molar-refractivity contribution in [3.05, 3.63) is 18.2 Å². The number of hydrogen-bond acceptors (Lipinski definition) is 4. The van der Waals surface area contributed by atoms with Crippen LogP contribution in [-0.4, -0.2) is 33.3 Å². The van der Waals surface area contributed by atoms with Crippen molar-refractivity contribution >= 4 is 6.09 Å². The fourth-order valence-corrected chi connectivity index (χ4v) is 2.21.